The molecule has 0 aliphatic carbocycles. The highest BCUT2D eigenvalue weighted by Gasteiger charge is 2.14. The van der Waals surface area contributed by atoms with E-state index < -0.39 is 0 Å². The lowest BCUT2D eigenvalue weighted by Gasteiger charge is -2.29. The maximum Gasteiger partial charge on any atom is -0.000671 e. The van der Waals surface area contributed by atoms with Crippen molar-refractivity contribution in [3.05, 3.63) is 0 Å². The molecule has 0 aromatic heterocycles. The molecule has 0 saturated carbocycles. The summed E-state index contributed by atoms with van der Waals surface area (Å²) >= 11 is 0. The van der Waals surface area contributed by atoms with Gasteiger partial charge in [-0.1, -0.05) is 6.92 Å². The number of nitrogens with zero attached hydrogens (tertiary/aromatic N) is 1. The predicted molar refractivity (Wildman–Crippen MR) is 63.0 cm³/mol. The number of piperidine rings is 1. The van der Waals surface area contributed by atoms with Gasteiger partial charge in [0, 0.05) is 0 Å². The minimum Gasteiger partial charge on any atom is -0.330 e. The molecule has 0 bridgehead atoms. The Hall–Kier alpha value is 0.500. The Morgan fingerprint density at radius 3 is 2.23 bits per heavy atom. The summed E-state index contributed by atoms with van der Waals surface area (Å²) in [6, 6.07) is 0. The molecule has 1 saturated heterocycles. The summed E-state index contributed by atoms with van der Waals surface area (Å²) in [5, 5.41) is 0. The van der Waals surface area contributed by atoms with Crippen molar-refractivity contribution in [3.8, 4) is 0 Å². The van der Waals surface area contributed by atoms with Crippen LogP contribution in [0.5, 0.6) is 0 Å². The van der Waals surface area contributed by atoms with Gasteiger partial charge in [0.05, 0.1) is 0 Å². The van der Waals surface area contributed by atoms with E-state index in [0.29, 0.717) is 0 Å². The van der Waals surface area contributed by atoms with Gasteiger partial charge in [-0.3, -0.25) is 0 Å². The van der Waals surface area contributed by atoms with Gasteiger partial charge < -0.3 is 10.6 Å². The molecule has 1 rings (SSSR count). The van der Waals surface area contributed by atoms with Gasteiger partial charge in [-0.25, -0.2) is 0 Å². The van der Waals surface area contributed by atoms with Crippen LogP contribution < -0.4 is 5.73 Å². The first-order valence-corrected chi connectivity index (χ1v) is 4.75. The van der Waals surface area contributed by atoms with E-state index in [1.165, 1.54) is 32.5 Å². The Labute approximate surface area is 94.1 Å². The van der Waals surface area contributed by atoms with Crippen molar-refractivity contribution >= 4 is 24.8 Å². The van der Waals surface area contributed by atoms with Crippen molar-refractivity contribution in [1.29, 1.82) is 0 Å². The zero-order chi connectivity index (χ0) is 8.10. The summed E-state index contributed by atoms with van der Waals surface area (Å²) in [6.07, 6.45) is 3.92. The zero-order valence-electron chi connectivity index (χ0n) is 8.37. The third-order valence-corrected chi connectivity index (χ3v) is 2.55. The van der Waals surface area contributed by atoms with E-state index in [1.54, 1.807) is 0 Å². The Balaban J connectivity index is 0. The predicted octanol–water partition coefficient (Wildman–Crippen LogP) is 1.91. The molecule has 1 aliphatic rings. The molecule has 0 aromatic rings. The number of rotatable bonds is 3. The lowest BCUT2D eigenvalue weighted by atomic mass is 9.99. The number of likely N-dealkylation sites (tertiary alicyclic amines) is 1. The Morgan fingerprint density at radius 1 is 1.23 bits per heavy atom. The summed E-state index contributed by atoms with van der Waals surface area (Å²) < 4.78 is 0. The third kappa shape index (κ3) is 6.55. The van der Waals surface area contributed by atoms with Gasteiger partial charge in [0.2, 0.25) is 0 Å². The Bertz CT molecular complexity index is 101. The quantitative estimate of drug-likeness (QED) is 0.801. The van der Waals surface area contributed by atoms with E-state index in [1.807, 2.05) is 0 Å². The first-order valence-electron chi connectivity index (χ1n) is 4.75. The molecule has 13 heavy (non-hydrogen) atoms. The van der Waals surface area contributed by atoms with Crippen LogP contribution in [-0.4, -0.2) is 31.1 Å². The molecule has 1 aliphatic heterocycles. The zero-order valence-corrected chi connectivity index (χ0v) is 10.0. The second-order valence-corrected chi connectivity index (χ2v) is 3.67. The monoisotopic (exact) mass is 228 g/mol. The first kappa shape index (κ1) is 15.9. The van der Waals surface area contributed by atoms with Crippen molar-refractivity contribution in [2.45, 2.75) is 26.2 Å². The normalized spacial score (nSPS) is 18.9. The molecular formula is C9H22Cl2N2. The fraction of sp³-hybridized carbons (Fsp3) is 1.00. The second kappa shape index (κ2) is 9.07. The van der Waals surface area contributed by atoms with Crippen molar-refractivity contribution in [3.63, 3.8) is 0 Å². The van der Waals surface area contributed by atoms with E-state index in [-0.39, 0.29) is 24.8 Å². The summed E-state index contributed by atoms with van der Waals surface area (Å²) in [6.45, 7) is 6.98. The smallest absolute Gasteiger partial charge is 0.000671 e. The Morgan fingerprint density at radius 2 is 1.77 bits per heavy atom. The molecule has 0 radical (unpaired) electrons. The summed E-state index contributed by atoms with van der Waals surface area (Å²) in [5.41, 5.74) is 5.45. The maximum absolute atomic E-state index is 5.45. The number of nitrogens with two attached hydrogens (primary N) is 1. The van der Waals surface area contributed by atoms with Crippen LogP contribution in [0.1, 0.15) is 26.2 Å². The highest BCUT2D eigenvalue weighted by atomic mass is 35.5. The first-order chi connectivity index (χ1) is 5.33. The lowest BCUT2D eigenvalue weighted by molar-refractivity contribution is 0.191. The largest absolute Gasteiger partial charge is 0.330 e. The molecule has 4 heteroatoms. The fourth-order valence-electron chi connectivity index (χ4n) is 1.60. The van der Waals surface area contributed by atoms with Crippen molar-refractivity contribution in [2.75, 3.05) is 26.2 Å². The molecule has 82 valence electrons. The number of hydrogen-bond donors (Lipinski definition) is 1. The van der Waals surface area contributed by atoms with Crippen LogP contribution in [0.2, 0.25) is 0 Å². The Kier molecular flexibility index (Phi) is 11.1. The summed E-state index contributed by atoms with van der Waals surface area (Å²) in [7, 11) is 0. The van der Waals surface area contributed by atoms with Gasteiger partial charge in [-0.15, -0.1) is 24.8 Å². The van der Waals surface area contributed by atoms with E-state index in [0.717, 1.165) is 18.9 Å². The average Bonchev–Trinajstić information content (AvgIpc) is 2.04. The number of halogens is 2. The highest BCUT2D eigenvalue weighted by molar-refractivity contribution is 5.85. The van der Waals surface area contributed by atoms with Gasteiger partial charge >= 0.3 is 0 Å². The van der Waals surface area contributed by atoms with E-state index in [9.17, 15) is 0 Å². The molecule has 0 unspecified atom stereocenters. The van der Waals surface area contributed by atoms with Gasteiger partial charge in [0.1, 0.15) is 0 Å². The highest BCUT2D eigenvalue weighted by Crippen LogP contribution is 2.15. The van der Waals surface area contributed by atoms with Crippen molar-refractivity contribution in [1.82, 2.24) is 4.90 Å². The van der Waals surface area contributed by atoms with Crippen LogP contribution in [0.15, 0.2) is 0 Å². The molecule has 0 spiro atoms. The average molecular weight is 229 g/mol. The van der Waals surface area contributed by atoms with Crippen LogP contribution in [0.3, 0.4) is 0 Å². The number of hydrogen-bond acceptors (Lipinski definition) is 2. The van der Waals surface area contributed by atoms with Crippen LogP contribution in [0, 0.1) is 5.92 Å². The standard InChI is InChI=1S/C9H20N2.2ClH/c1-9-3-7-11(8-4-9)6-2-5-10;;/h9H,2-8,10H2,1H3;2*1H. The van der Waals surface area contributed by atoms with Crippen molar-refractivity contribution in [2.24, 2.45) is 11.7 Å². The SMILES string of the molecule is CC1CCN(CCCN)CC1.Cl.Cl. The lowest BCUT2D eigenvalue weighted by Crippen LogP contribution is -2.34. The molecule has 2 N–H and O–H groups in total. The minimum absolute atomic E-state index is 0. The van der Waals surface area contributed by atoms with E-state index >= 15 is 0 Å². The third-order valence-electron chi connectivity index (χ3n) is 2.55. The second-order valence-electron chi connectivity index (χ2n) is 3.67. The molecule has 1 heterocycles. The molecular weight excluding hydrogens is 207 g/mol. The van der Waals surface area contributed by atoms with Gasteiger partial charge in [0.25, 0.3) is 0 Å². The summed E-state index contributed by atoms with van der Waals surface area (Å²) in [4.78, 5) is 2.53. The molecule has 1 fully saturated rings. The molecule has 0 aromatic carbocycles. The maximum atomic E-state index is 5.45. The minimum atomic E-state index is 0. The topological polar surface area (TPSA) is 29.3 Å². The van der Waals surface area contributed by atoms with Gasteiger partial charge in [-0.05, 0) is 51.4 Å². The molecule has 2 nitrogen and oxygen atoms in total. The van der Waals surface area contributed by atoms with Crippen LogP contribution >= 0.6 is 24.8 Å². The summed E-state index contributed by atoms with van der Waals surface area (Å²) in [5.74, 6) is 0.948. The van der Waals surface area contributed by atoms with Crippen LogP contribution in [0.25, 0.3) is 0 Å². The van der Waals surface area contributed by atoms with E-state index in [2.05, 4.69) is 11.8 Å². The van der Waals surface area contributed by atoms with E-state index in [4.69, 9.17) is 5.73 Å². The van der Waals surface area contributed by atoms with Crippen LogP contribution in [-0.2, 0) is 0 Å². The van der Waals surface area contributed by atoms with Gasteiger partial charge in [0.15, 0.2) is 0 Å². The van der Waals surface area contributed by atoms with Gasteiger partial charge in [-0.2, -0.15) is 0 Å². The fourth-order valence-corrected chi connectivity index (χ4v) is 1.60. The van der Waals surface area contributed by atoms with Crippen molar-refractivity contribution < 1.29 is 0 Å². The molecule has 0 amide bonds. The molecule has 0 atom stereocenters. The van der Waals surface area contributed by atoms with Crippen LogP contribution in [0.4, 0.5) is 0 Å².